The molecule has 4 heteroatoms. The van der Waals surface area contributed by atoms with Crippen LogP contribution in [0.5, 0.6) is 5.75 Å². The van der Waals surface area contributed by atoms with Gasteiger partial charge in [-0.25, -0.2) is 0 Å². The quantitative estimate of drug-likeness (QED) is 0.875. The summed E-state index contributed by atoms with van der Waals surface area (Å²) in [6.45, 7) is 4.52. The predicted octanol–water partition coefficient (Wildman–Crippen LogP) is 2.32. The van der Waals surface area contributed by atoms with Crippen molar-refractivity contribution in [3.05, 3.63) is 23.8 Å². The lowest BCUT2D eigenvalue weighted by Crippen LogP contribution is -2.51. The summed E-state index contributed by atoms with van der Waals surface area (Å²) >= 11 is 0. The van der Waals surface area contributed by atoms with Gasteiger partial charge in [0.05, 0.1) is 12.5 Å². The number of carbonyl (C=O) groups is 1. The summed E-state index contributed by atoms with van der Waals surface area (Å²) in [6.07, 6.45) is 1.76. The summed E-state index contributed by atoms with van der Waals surface area (Å²) in [7, 11) is 1.63. The maximum Gasteiger partial charge on any atom is 0.231 e. The Morgan fingerprint density at radius 2 is 2.21 bits per heavy atom. The van der Waals surface area contributed by atoms with E-state index in [4.69, 9.17) is 10.5 Å². The van der Waals surface area contributed by atoms with E-state index in [-0.39, 0.29) is 11.3 Å². The minimum atomic E-state index is -0.369. The second kappa shape index (κ2) is 5.21. The van der Waals surface area contributed by atoms with Gasteiger partial charge in [0.1, 0.15) is 5.75 Å². The van der Waals surface area contributed by atoms with Crippen molar-refractivity contribution < 1.29 is 9.53 Å². The van der Waals surface area contributed by atoms with E-state index < -0.39 is 0 Å². The van der Waals surface area contributed by atoms with Crippen LogP contribution in [0.2, 0.25) is 0 Å². The molecule has 104 valence electrons. The lowest BCUT2D eigenvalue weighted by molar-refractivity contribution is -0.132. The van der Waals surface area contributed by atoms with Gasteiger partial charge in [-0.05, 0) is 49.4 Å². The lowest BCUT2D eigenvalue weighted by Gasteiger charge is -2.44. The van der Waals surface area contributed by atoms with E-state index in [1.807, 2.05) is 25.1 Å². The van der Waals surface area contributed by atoms with Gasteiger partial charge in [-0.2, -0.15) is 0 Å². The Bertz CT molecular complexity index is 479. The monoisotopic (exact) mass is 262 g/mol. The molecule has 0 spiro atoms. The van der Waals surface area contributed by atoms with Crippen molar-refractivity contribution in [2.75, 3.05) is 19.0 Å². The highest BCUT2D eigenvalue weighted by Gasteiger charge is 2.47. The molecule has 0 aliphatic heterocycles. The highest BCUT2D eigenvalue weighted by Crippen LogP contribution is 2.45. The molecular weight excluding hydrogens is 240 g/mol. The van der Waals surface area contributed by atoms with E-state index in [1.54, 1.807) is 7.11 Å². The number of benzene rings is 1. The first-order valence-electron chi connectivity index (χ1n) is 6.67. The standard InChI is InChI=1S/C15H22N2O2/c1-10-7-15(8-10,9-16)14(18)17-13-5-4-12(19-3)6-11(13)2/h4-6,10H,7-9,16H2,1-3H3,(H,17,18). The molecule has 4 nitrogen and oxygen atoms in total. The zero-order valence-corrected chi connectivity index (χ0v) is 11.8. The molecule has 1 aromatic carbocycles. The van der Waals surface area contributed by atoms with Gasteiger partial charge >= 0.3 is 0 Å². The number of ether oxygens (including phenoxy) is 1. The first-order chi connectivity index (χ1) is 9.00. The Morgan fingerprint density at radius 3 is 2.68 bits per heavy atom. The summed E-state index contributed by atoms with van der Waals surface area (Å²) in [5, 5.41) is 3.00. The molecule has 1 aromatic rings. The highest BCUT2D eigenvalue weighted by atomic mass is 16.5. The first-order valence-corrected chi connectivity index (χ1v) is 6.67. The highest BCUT2D eigenvalue weighted by molar-refractivity contribution is 5.96. The number of methoxy groups -OCH3 is 1. The van der Waals surface area contributed by atoms with Gasteiger partial charge in [-0.15, -0.1) is 0 Å². The molecular formula is C15H22N2O2. The molecule has 0 unspecified atom stereocenters. The maximum absolute atomic E-state index is 12.4. The van der Waals surface area contributed by atoms with Gasteiger partial charge in [-0.1, -0.05) is 6.92 Å². The molecule has 0 aromatic heterocycles. The molecule has 0 radical (unpaired) electrons. The molecule has 2 rings (SSSR count). The van der Waals surface area contributed by atoms with E-state index >= 15 is 0 Å². The summed E-state index contributed by atoms with van der Waals surface area (Å²) in [6, 6.07) is 5.63. The van der Waals surface area contributed by atoms with Crippen LogP contribution in [0.25, 0.3) is 0 Å². The number of hydrogen-bond donors (Lipinski definition) is 2. The van der Waals surface area contributed by atoms with Crippen molar-refractivity contribution in [1.82, 2.24) is 0 Å². The van der Waals surface area contributed by atoms with E-state index in [0.717, 1.165) is 29.8 Å². The van der Waals surface area contributed by atoms with Crippen molar-refractivity contribution in [3.63, 3.8) is 0 Å². The van der Waals surface area contributed by atoms with Crippen LogP contribution in [0.3, 0.4) is 0 Å². The molecule has 3 N–H and O–H groups in total. The van der Waals surface area contributed by atoms with Crippen molar-refractivity contribution in [2.45, 2.75) is 26.7 Å². The third kappa shape index (κ3) is 2.59. The van der Waals surface area contributed by atoms with Crippen LogP contribution in [0.1, 0.15) is 25.3 Å². The van der Waals surface area contributed by atoms with Crippen LogP contribution in [0.4, 0.5) is 5.69 Å². The van der Waals surface area contributed by atoms with Crippen molar-refractivity contribution in [2.24, 2.45) is 17.1 Å². The van der Waals surface area contributed by atoms with E-state index in [0.29, 0.717) is 12.5 Å². The van der Waals surface area contributed by atoms with Crippen LogP contribution in [-0.2, 0) is 4.79 Å². The Balaban J connectivity index is 2.11. The van der Waals surface area contributed by atoms with Crippen molar-refractivity contribution >= 4 is 11.6 Å². The number of nitrogens with two attached hydrogens (primary N) is 1. The molecule has 1 saturated carbocycles. The minimum Gasteiger partial charge on any atom is -0.497 e. The van der Waals surface area contributed by atoms with Gasteiger partial charge in [0.15, 0.2) is 0 Å². The first kappa shape index (κ1) is 13.9. The fourth-order valence-electron chi connectivity index (χ4n) is 2.88. The third-order valence-corrected chi connectivity index (χ3v) is 4.03. The van der Waals surface area contributed by atoms with Crippen LogP contribution in [0, 0.1) is 18.3 Å². The summed E-state index contributed by atoms with van der Waals surface area (Å²) < 4.78 is 5.16. The fourth-order valence-corrected chi connectivity index (χ4v) is 2.88. The minimum absolute atomic E-state index is 0.0429. The van der Waals surface area contributed by atoms with E-state index in [1.165, 1.54) is 0 Å². The molecule has 0 saturated heterocycles. The number of carbonyl (C=O) groups excluding carboxylic acids is 1. The Labute approximate surface area is 114 Å². The normalized spacial score (nSPS) is 25.6. The summed E-state index contributed by atoms with van der Waals surface area (Å²) in [5.74, 6) is 1.42. The zero-order chi connectivity index (χ0) is 14.0. The number of aryl methyl sites for hydroxylation is 1. The molecule has 1 amide bonds. The van der Waals surface area contributed by atoms with Crippen molar-refractivity contribution in [1.29, 1.82) is 0 Å². The maximum atomic E-state index is 12.4. The average molecular weight is 262 g/mol. The van der Waals surface area contributed by atoms with Crippen LogP contribution >= 0.6 is 0 Å². The molecule has 1 aliphatic rings. The number of nitrogens with one attached hydrogen (secondary N) is 1. The molecule has 1 fully saturated rings. The zero-order valence-electron chi connectivity index (χ0n) is 11.8. The topological polar surface area (TPSA) is 64.3 Å². The molecule has 0 bridgehead atoms. The lowest BCUT2D eigenvalue weighted by atomic mass is 9.62. The van der Waals surface area contributed by atoms with Gasteiger partial charge < -0.3 is 15.8 Å². The Morgan fingerprint density at radius 1 is 1.53 bits per heavy atom. The fraction of sp³-hybridized carbons (Fsp3) is 0.533. The second-order valence-electron chi connectivity index (χ2n) is 5.63. The second-order valence-corrected chi connectivity index (χ2v) is 5.63. The van der Waals surface area contributed by atoms with Gasteiger partial charge in [0.2, 0.25) is 5.91 Å². The Hall–Kier alpha value is -1.55. The number of anilines is 1. The largest absolute Gasteiger partial charge is 0.497 e. The molecule has 1 aliphatic carbocycles. The number of rotatable bonds is 4. The van der Waals surface area contributed by atoms with Gasteiger partial charge in [-0.3, -0.25) is 4.79 Å². The predicted molar refractivity (Wildman–Crippen MR) is 76.2 cm³/mol. The van der Waals surface area contributed by atoms with Gasteiger partial charge in [0, 0.05) is 12.2 Å². The third-order valence-electron chi connectivity index (χ3n) is 4.03. The van der Waals surface area contributed by atoms with Crippen LogP contribution in [-0.4, -0.2) is 19.6 Å². The van der Waals surface area contributed by atoms with Crippen molar-refractivity contribution in [3.8, 4) is 5.75 Å². The molecule has 0 atom stereocenters. The summed E-state index contributed by atoms with van der Waals surface area (Å²) in [4.78, 5) is 12.4. The number of hydrogen-bond acceptors (Lipinski definition) is 3. The average Bonchev–Trinajstić information content (AvgIpc) is 2.36. The van der Waals surface area contributed by atoms with Crippen LogP contribution in [0.15, 0.2) is 18.2 Å². The smallest absolute Gasteiger partial charge is 0.231 e. The van der Waals surface area contributed by atoms with E-state index in [9.17, 15) is 4.79 Å². The Kier molecular flexibility index (Phi) is 3.80. The molecule has 0 heterocycles. The van der Waals surface area contributed by atoms with Crippen LogP contribution < -0.4 is 15.8 Å². The molecule has 19 heavy (non-hydrogen) atoms. The van der Waals surface area contributed by atoms with E-state index in [2.05, 4.69) is 12.2 Å². The SMILES string of the molecule is COc1ccc(NC(=O)C2(CN)CC(C)C2)c(C)c1. The van der Waals surface area contributed by atoms with Gasteiger partial charge in [0.25, 0.3) is 0 Å². The summed E-state index contributed by atoms with van der Waals surface area (Å²) in [5.41, 5.74) is 7.24. The number of amides is 1.